The van der Waals surface area contributed by atoms with Gasteiger partial charge in [0.05, 0.1) is 0 Å². The fourth-order valence-electron chi connectivity index (χ4n) is 3.63. The van der Waals surface area contributed by atoms with Gasteiger partial charge >= 0.3 is 0 Å². The van der Waals surface area contributed by atoms with E-state index in [2.05, 4.69) is 20.3 Å². The molecule has 0 spiro atoms. The number of carbonyl (C=O) groups is 2. The molecule has 2 aromatic heterocycles. The zero-order chi connectivity index (χ0) is 23.6. The Morgan fingerprint density at radius 2 is 0.941 bits per heavy atom. The van der Waals surface area contributed by atoms with Crippen molar-refractivity contribution in [2.24, 2.45) is 0 Å². The summed E-state index contributed by atoms with van der Waals surface area (Å²) < 4.78 is 10.7. The van der Waals surface area contributed by atoms with E-state index in [0.717, 1.165) is 75.1 Å². The highest BCUT2D eigenvalue weighted by Gasteiger charge is 2.10. The van der Waals surface area contributed by atoms with Crippen LogP contribution < -0.4 is 0 Å². The zero-order valence-corrected chi connectivity index (χ0v) is 18.9. The second-order valence-electron chi connectivity index (χ2n) is 8.12. The molecule has 0 atom stereocenters. The Balaban J connectivity index is 1.09. The fourth-order valence-corrected chi connectivity index (χ4v) is 3.63. The molecule has 174 valence electrons. The van der Waals surface area contributed by atoms with E-state index >= 15 is 0 Å². The van der Waals surface area contributed by atoms with E-state index in [9.17, 15) is 9.59 Å². The second-order valence-corrected chi connectivity index (χ2v) is 8.12. The van der Waals surface area contributed by atoms with Crippen LogP contribution in [0.15, 0.2) is 57.6 Å². The number of hydrogen-bond acceptors (Lipinski definition) is 8. The summed E-state index contributed by atoms with van der Waals surface area (Å²) in [6, 6.07) is 14.2. The van der Waals surface area contributed by atoms with Crippen LogP contribution in [-0.4, -0.2) is 32.9 Å². The van der Waals surface area contributed by atoms with Gasteiger partial charge in [0.15, 0.2) is 0 Å². The molecule has 2 aromatic carbocycles. The van der Waals surface area contributed by atoms with Crippen LogP contribution in [0.1, 0.15) is 71.0 Å². The summed E-state index contributed by atoms with van der Waals surface area (Å²) in [5.74, 6) is 2.38. The van der Waals surface area contributed by atoms with Gasteiger partial charge < -0.3 is 9.05 Å². The molecule has 8 heteroatoms. The molecule has 0 fully saturated rings. The number of aldehydes is 2. The number of nitrogens with zero attached hydrogens (tertiary/aromatic N) is 4. The van der Waals surface area contributed by atoms with Crippen molar-refractivity contribution in [3.8, 4) is 22.8 Å². The summed E-state index contributed by atoms with van der Waals surface area (Å²) in [7, 11) is 0. The Kier molecular flexibility index (Phi) is 8.05. The Labute approximate surface area is 197 Å². The molecule has 0 aliphatic heterocycles. The van der Waals surface area contributed by atoms with Crippen LogP contribution in [0.3, 0.4) is 0 Å². The highest BCUT2D eigenvalue weighted by molar-refractivity contribution is 5.76. The molecule has 0 radical (unpaired) electrons. The van der Waals surface area contributed by atoms with Crippen molar-refractivity contribution >= 4 is 12.6 Å². The van der Waals surface area contributed by atoms with E-state index in [1.807, 2.05) is 24.3 Å². The van der Waals surface area contributed by atoms with Gasteiger partial charge in [0, 0.05) is 35.1 Å². The van der Waals surface area contributed by atoms with Crippen molar-refractivity contribution in [2.75, 3.05) is 0 Å². The molecule has 0 unspecified atom stereocenters. The molecule has 0 N–H and O–H groups in total. The molecule has 8 nitrogen and oxygen atoms in total. The molecule has 0 amide bonds. The summed E-state index contributed by atoms with van der Waals surface area (Å²) in [6.07, 6.45) is 9.65. The third-order valence-corrected chi connectivity index (χ3v) is 5.58. The highest BCUT2D eigenvalue weighted by atomic mass is 16.5. The average molecular weight is 459 g/mol. The third kappa shape index (κ3) is 6.31. The lowest BCUT2D eigenvalue weighted by atomic mass is 10.1. The molecule has 0 bridgehead atoms. The standard InChI is InChI=1S/C26H26N4O4/c31-17-19-9-13-21(14-10-19)25-27-23(33-29-25)7-5-3-1-2-4-6-8-24-28-26(30-34-24)22-15-11-20(18-32)12-16-22/h9-18H,1-8H2. The number of aromatic nitrogens is 4. The molecule has 34 heavy (non-hydrogen) atoms. The van der Waals surface area contributed by atoms with E-state index in [0.29, 0.717) is 34.6 Å². The summed E-state index contributed by atoms with van der Waals surface area (Å²) >= 11 is 0. The average Bonchev–Trinajstić information content (AvgIpc) is 3.56. The number of aryl methyl sites for hydroxylation is 2. The Bertz CT molecular complexity index is 1100. The predicted octanol–water partition coefficient (Wildman–Crippen LogP) is 5.54. The van der Waals surface area contributed by atoms with Crippen molar-refractivity contribution in [3.63, 3.8) is 0 Å². The normalized spacial score (nSPS) is 10.9. The smallest absolute Gasteiger partial charge is 0.226 e. The summed E-state index contributed by atoms with van der Waals surface area (Å²) in [5.41, 5.74) is 2.92. The van der Waals surface area contributed by atoms with Gasteiger partial charge in [-0.2, -0.15) is 9.97 Å². The lowest BCUT2D eigenvalue weighted by Crippen LogP contribution is -1.89. The minimum atomic E-state index is 0.551. The predicted molar refractivity (Wildman–Crippen MR) is 125 cm³/mol. The molecule has 0 saturated heterocycles. The van der Waals surface area contributed by atoms with Gasteiger partial charge in [0.1, 0.15) is 12.6 Å². The van der Waals surface area contributed by atoms with Crippen LogP contribution in [0.4, 0.5) is 0 Å². The topological polar surface area (TPSA) is 112 Å². The number of rotatable bonds is 13. The lowest BCUT2D eigenvalue weighted by Gasteiger charge is -1.99. The SMILES string of the molecule is O=Cc1ccc(-c2noc(CCCCCCCCc3nc(-c4ccc(C=O)cc4)no3)n2)cc1. The van der Waals surface area contributed by atoms with Crippen molar-refractivity contribution in [2.45, 2.75) is 51.4 Å². The van der Waals surface area contributed by atoms with Gasteiger partial charge in [0.25, 0.3) is 0 Å². The third-order valence-electron chi connectivity index (χ3n) is 5.58. The maximum atomic E-state index is 10.8. The van der Waals surface area contributed by atoms with Gasteiger partial charge in [-0.1, -0.05) is 84.5 Å². The van der Waals surface area contributed by atoms with Gasteiger partial charge in [-0.25, -0.2) is 0 Å². The van der Waals surface area contributed by atoms with E-state index in [1.165, 1.54) is 0 Å². The molecule has 0 aliphatic rings. The van der Waals surface area contributed by atoms with Crippen LogP contribution in [0.5, 0.6) is 0 Å². The first kappa shape index (κ1) is 23.2. The van der Waals surface area contributed by atoms with Crippen molar-refractivity contribution in [1.29, 1.82) is 0 Å². The van der Waals surface area contributed by atoms with Crippen LogP contribution in [0.25, 0.3) is 22.8 Å². The van der Waals surface area contributed by atoms with Crippen LogP contribution in [0, 0.1) is 0 Å². The van der Waals surface area contributed by atoms with Crippen LogP contribution in [0.2, 0.25) is 0 Å². The van der Waals surface area contributed by atoms with E-state index in [4.69, 9.17) is 9.05 Å². The monoisotopic (exact) mass is 458 g/mol. The molecule has 4 aromatic rings. The van der Waals surface area contributed by atoms with E-state index < -0.39 is 0 Å². The van der Waals surface area contributed by atoms with E-state index in [-0.39, 0.29) is 0 Å². The quantitative estimate of drug-likeness (QED) is 0.190. The van der Waals surface area contributed by atoms with Gasteiger partial charge in [-0.05, 0) is 12.8 Å². The van der Waals surface area contributed by atoms with Crippen LogP contribution in [-0.2, 0) is 12.8 Å². The number of hydrogen-bond donors (Lipinski definition) is 0. The maximum absolute atomic E-state index is 10.8. The Hall–Kier alpha value is -3.94. The maximum Gasteiger partial charge on any atom is 0.226 e. The number of unbranched alkanes of at least 4 members (excludes halogenated alkanes) is 5. The first-order valence-electron chi connectivity index (χ1n) is 11.5. The second kappa shape index (κ2) is 11.8. The number of carbonyl (C=O) groups excluding carboxylic acids is 2. The van der Waals surface area contributed by atoms with Crippen molar-refractivity contribution < 1.29 is 18.6 Å². The van der Waals surface area contributed by atoms with E-state index in [1.54, 1.807) is 24.3 Å². The Morgan fingerprint density at radius 3 is 1.32 bits per heavy atom. The van der Waals surface area contributed by atoms with Gasteiger partial charge in [0.2, 0.25) is 23.4 Å². The van der Waals surface area contributed by atoms with Crippen molar-refractivity contribution in [3.05, 3.63) is 71.4 Å². The minimum Gasteiger partial charge on any atom is -0.339 e. The Morgan fingerprint density at radius 1 is 0.559 bits per heavy atom. The summed E-state index contributed by atoms with van der Waals surface area (Å²) in [4.78, 5) is 30.4. The van der Waals surface area contributed by atoms with Crippen molar-refractivity contribution in [1.82, 2.24) is 20.3 Å². The molecular formula is C26H26N4O4. The minimum absolute atomic E-state index is 0.551. The lowest BCUT2D eigenvalue weighted by molar-refractivity contribution is 0.111. The summed E-state index contributed by atoms with van der Waals surface area (Å²) in [6.45, 7) is 0. The fraction of sp³-hybridized carbons (Fsp3) is 0.308. The van der Waals surface area contributed by atoms with Gasteiger partial charge in [-0.3, -0.25) is 9.59 Å². The summed E-state index contributed by atoms with van der Waals surface area (Å²) in [5, 5.41) is 8.06. The zero-order valence-electron chi connectivity index (χ0n) is 18.9. The molecular weight excluding hydrogens is 432 g/mol. The molecule has 4 rings (SSSR count). The number of benzene rings is 2. The largest absolute Gasteiger partial charge is 0.339 e. The van der Waals surface area contributed by atoms with Gasteiger partial charge in [-0.15, -0.1) is 0 Å². The molecule has 0 saturated carbocycles. The highest BCUT2D eigenvalue weighted by Crippen LogP contribution is 2.19. The first-order chi connectivity index (χ1) is 16.7. The van der Waals surface area contributed by atoms with Crippen LogP contribution >= 0.6 is 0 Å². The molecule has 0 aliphatic carbocycles. The first-order valence-corrected chi connectivity index (χ1v) is 11.5. The molecule has 2 heterocycles.